The predicted octanol–water partition coefficient (Wildman–Crippen LogP) is 5.22. The molecule has 0 aliphatic rings. The van der Waals surface area contributed by atoms with Crippen LogP contribution in [0.4, 0.5) is 5.69 Å². The van der Waals surface area contributed by atoms with Gasteiger partial charge in [-0.15, -0.1) is 0 Å². The molecule has 0 saturated carbocycles. The first-order valence-corrected chi connectivity index (χ1v) is 9.19. The van der Waals surface area contributed by atoms with Gasteiger partial charge >= 0.3 is 0 Å². The molecule has 0 aliphatic carbocycles. The molecule has 0 aromatic heterocycles. The molecule has 0 bridgehead atoms. The Kier molecular flexibility index (Phi) is 13.2. The minimum atomic E-state index is 0.595. The molecule has 1 rings (SSSR count). The molecule has 0 radical (unpaired) electrons. The van der Waals surface area contributed by atoms with Gasteiger partial charge in [-0.3, -0.25) is 0 Å². The van der Waals surface area contributed by atoms with Crippen molar-refractivity contribution in [3.05, 3.63) is 60.2 Å². The van der Waals surface area contributed by atoms with Gasteiger partial charge in [0, 0.05) is 25.3 Å². The van der Waals surface area contributed by atoms with Gasteiger partial charge in [0.25, 0.3) is 0 Å². The highest BCUT2D eigenvalue weighted by molar-refractivity contribution is 5.49. The van der Waals surface area contributed by atoms with Crippen molar-refractivity contribution >= 4 is 5.69 Å². The predicted molar refractivity (Wildman–Crippen MR) is 113 cm³/mol. The van der Waals surface area contributed by atoms with Crippen LogP contribution < -0.4 is 15.0 Å². The van der Waals surface area contributed by atoms with Crippen LogP contribution in [0.25, 0.3) is 0 Å². The molecule has 1 N–H and O–H groups in total. The lowest BCUT2D eigenvalue weighted by atomic mass is 10.2. The lowest BCUT2D eigenvalue weighted by Crippen LogP contribution is -2.30. The zero-order chi connectivity index (χ0) is 19.1. The third kappa shape index (κ3) is 9.78. The van der Waals surface area contributed by atoms with E-state index in [1.807, 2.05) is 46.0 Å². The van der Waals surface area contributed by atoms with E-state index in [0.717, 1.165) is 31.0 Å². The summed E-state index contributed by atoms with van der Waals surface area (Å²) in [6.45, 7) is 17.6. The Morgan fingerprint density at radius 2 is 1.80 bits per heavy atom. The van der Waals surface area contributed by atoms with Crippen LogP contribution in [0.1, 0.15) is 34.6 Å². The maximum atomic E-state index is 5.83. The van der Waals surface area contributed by atoms with Crippen LogP contribution in [0, 0.1) is 0 Å². The molecule has 0 aliphatic heterocycles. The van der Waals surface area contributed by atoms with Gasteiger partial charge in [0.1, 0.15) is 12.4 Å². The fourth-order valence-corrected chi connectivity index (χ4v) is 2.06. The average molecular weight is 345 g/mol. The molecule has 1 aromatic rings. The van der Waals surface area contributed by atoms with Crippen molar-refractivity contribution in [3.8, 4) is 5.75 Å². The SMILES string of the molecule is C=C/C(C)=C/C=C(\C)COc1ccc(N(CC)CCNC)cc1.CC. The van der Waals surface area contributed by atoms with Gasteiger partial charge in [-0.05, 0) is 57.7 Å². The number of anilines is 1. The van der Waals surface area contributed by atoms with E-state index in [-0.39, 0.29) is 0 Å². The molecule has 1 aromatic carbocycles. The highest BCUT2D eigenvalue weighted by atomic mass is 16.5. The van der Waals surface area contributed by atoms with Crippen molar-refractivity contribution < 1.29 is 4.74 Å². The van der Waals surface area contributed by atoms with Gasteiger partial charge in [-0.25, -0.2) is 0 Å². The minimum absolute atomic E-state index is 0.595. The lowest BCUT2D eigenvalue weighted by molar-refractivity contribution is 0.352. The maximum Gasteiger partial charge on any atom is 0.119 e. The summed E-state index contributed by atoms with van der Waals surface area (Å²) in [5.41, 5.74) is 3.56. The Balaban J connectivity index is 0.00000277. The smallest absolute Gasteiger partial charge is 0.119 e. The number of hydrogen-bond acceptors (Lipinski definition) is 3. The lowest BCUT2D eigenvalue weighted by Gasteiger charge is -2.23. The van der Waals surface area contributed by atoms with E-state index in [1.165, 1.54) is 11.3 Å². The first kappa shape index (κ1) is 23.0. The molecule has 25 heavy (non-hydrogen) atoms. The molecule has 140 valence electrons. The van der Waals surface area contributed by atoms with E-state index in [0.29, 0.717) is 6.61 Å². The van der Waals surface area contributed by atoms with Gasteiger partial charge < -0.3 is 15.0 Å². The van der Waals surface area contributed by atoms with Crippen LogP contribution in [-0.4, -0.2) is 33.3 Å². The first-order valence-electron chi connectivity index (χ1n) is 9.19. The van der Waals surface area contributed by atoms with Gasteiger partial charge in [0.05, 0.1) is 0 Å². The molecule has 0 saturated heterocycles. The van der Waals surface area contributed by atoms with Crippen LogP contribution >= 0.6 is 0 Å². The van der Waals surface area contributed by atoms with Crippen LogP contribution in [0.2, 0.25) is 0 Å². The quantitative estimate of drug-likeness (QED) is 0.589. The molecular formula is C22H36N2O. The van der Waals surface area contributed by atoms with Gasteiger partial charge in [0.15, 0.2) is 0 Å². The Morgan fingerprint density at radius 3 is 2.32 bits per heavy atom. The van der Waals surface area contributed by atoms with Gasteiger partial charge in [-0.1, -0.05) is 44.2 Å². The summed E-state index contributed by atoms with van der Waals surface area (Å²) in [5.74, 6) is 0.899. The van der Waals surface area contributed by atoms with E-state index in [9.17, 15) is 0 Å². The van der Waals surface area contributed by atoms with Crippen molar-refractivity contribution in [1.82, 2.24) is 5.32 Å². The van der Waals surface area contributed by atoms with E-state index >= 15 is 0 Å². The van der Waals surface area contributed by atoms with E-state index < -0.39 is 0 Å². The second-order valence-electron chi connectivity index (χ2n) is 5.59. The fourth-order valence-electron chi connectivity index (χ4n) is 2.06. The third-order valence-electron chi connectivity index (χ3n) is 3.63. The number of hydrogen-bond donors (Lipinski definition) is 1. The largest absolute Gasteiger partial charge is 0.489 e. The number of rotatable bonds is 10. The van der Waals surface area contributed by atoms with E-state index in [1.54, 1.807) is 0 Å². The second-order valence-corrected chi connectivity index (χ2v) is 5.59. The summed E-state index contributed by atoms with van der Waals surface area (Å²) in [5, 5.41) is 3.19. The summed E-state index contributed by atoms with van der Waals surface area (Å²) in [7, 11) is 1.98. The molecule has 0 spiro atoms. The molecule has 0 amide bonds. The number of ether oxygens (including phenoxy) is 1. The Labute approximate surface area is 155 Å². The zero-order valence-corrected chi connectivity index (χ0v) is 16.9. The second kappa shape index (κ2) is 14.4. The number of benzene rings is 1. The zero-order valence-electron chi connectivity index (χ0n) is 16.9. The number of nitrogens with one attached hydrogen (secondary N) is 1. The van der Waals surface area contributed by atoms with Crippen molar-refractivity contribution in [2.75, 3.05) is 38.2 Å². The normalized spacial score (nSPS) is 11.4. The molecule has 0 heterocycles. The Bertz CT molecular complexity index is 529. The molecule has 0 unspecified atom stereocenters. The Morgan fingerprint density at radius 1 is 1.16 bits per heavy atom. The molecule has 3 heteroatoms. The summed E-state index contributed by atoms with van der Waals surface area (Å²) < 4.78 is 5.83. The van der Waals surface area contributed by atoms with Gasteiger partial charge in [-0.2, -0.15) is 0 Å². The van der Waals surface area contributed by atoms with Crippen molar-refractivity contribution in [2.45, 2.75) is 34.6 Å². The standard InChI is InChI=1S/C20H30N2O.C2H6/c1-6-17(3)8-9-18(4)16-23-20-12-10-19(11-13-20)22(7-2)15-14-21-5;1-2/h6,8-13,21H,1,7,14-16H2,2-5H3;1-2H3/b17-8+,18-9+;. The van der Waals surface area contributed by atoms with Crippen molar-refractivity contribution in [3.63, 3.8) is 0 Å². The van der Waals surface area contributed by atoms with E-state index in [4.69, 9.17) is 4.74 Å². The van der Waals surface area contributed by atoms with Crippen LogP contribution in [0.3, 0.4) is 0 Å². The number of nitrogens with zero attached hydrogens (tertiary/aromatic N) is 1. The van der Waals surface area contributed by atoms with Crippen molar-refractivity contribution in [2.24, 2.45) is 0 Å². The van der Waals surface area contributed by atoms with Crippen molar-refractivity contribution in [1.29, 1.82) is 0 Å². The molecule has 0 fully saturated rings. The topological polar surface area (TPSA) is 24.5 Å². The number of allylic oxidation sites excluding steroid dienone is 4. The average Bonchev–Trinajstić information content (AvgIpc) is 2.67. The maximum absolute atomic E-state index is 5.83. The highest BCUT2D eigenvalue weighted by Crippen LogP contribution is 2.19. The summed E-state index contributed by atoms with van der Waals surface area (Å²) in [6, 6.07) is 8.32. The highest BCUT2D eigenvalue weighted by Gasteiger charge is 2.03. The first-order chi connectivity index (χ1) is 12.1. The molecular weight excluding hydrogens is 308 g/mol. The molecule has 0 atom stereocenters. The fraction of sp³-hybridized carbons (Fsp3) is 0.455. The third-order valence-corrected chi connectivity index (χ3v) is 3.63. The monoisotopic (exact) mass is 344 g/mol. The van der Waals surface area contributed by atoms with Crippen LogP contribution in [-0.2, 0) is 0 Å². The Hall–Kier alpha value is -2.00. The summed E-state index contributed by atoms with van der Waals surface area (Å²) >= 11 is 0. The number of likely N-dealkylation sites (N-methyl/N-ethyl adjacent to an activating group) is 2. The van der Waals surface area contributed by atoms with Gasteiger partial charge in [0.2, 0.25) is 0 Å². The minimum Gasteiger partial charge on any atom is -0.489 e. The van der Waals surface area contributed by atoms with E-state index in [2.05, 4.69) is 54.9 Å². The molecule has 3 nitrogen and oxygen atoms in total. The van der Waals surface area contributed by atoms with Crippen LogP contribution in [0.15, 0.2) is 60.2 Å². The summed E-state index contributed by atoms with van der Waals surface area (Å²) in [6.07, 6.45) is 5.97. The van der Waals surface area contributed by atoms with Crippen LogP contribution in [0.5, 0.6) is 5.75 Å². The summed E-state index contributed by atoms with van der Waals surface area (Å²) in [4.78, 5) is 2.34.